The first-order valence-corrected chi connectivity index (χ1v) is 9.27. The summed E-state index contributed by atoms with van der Waals surface area (Å²) in [6, 6.07) is 12.8. The third-order valence-corrected chi connectivity index (χ3v) is 6.33. The lowest BCUT2D eigenvalue weighted by molar-refractivity contribution is 0.0577. The lowest BCUT2D eigenvalue weighted by Gasteiger charge is -2.28. The largest absolute Gasteiger partial charge is 0.389 e. The number of aliphatic hydroxyl groups is 1. The molecule has 4 nitrogen and oxygen atoms in total. The molecule has 1 N–H and O–H groups in total. The maximum atomic E-state index is 12.9. The van der Waals surface area contributed by atoms with Crippen LogP contribution in [0, 0.1) is 6.92 Å². The highest BCUT2D eigenvalue weighted by Gasteiger charge is 2.30. The smallest absolute Gasteiger partial charge is 0.252 e. The van der Waals surface area contributed by atoms with Crippen molar-refractivity contribution < 1.29 is 13.5 Å². The Kier molecular flexibility index (Phi) is 5.07. The highest BCUT2D eigenvalue weighted by Crippen LogP contribution is 2.26. The highest BCUT2D eigenvalue weighted by atomic mass is 32.2. The third kappa shape index (κ3) is 4.39. The van der Waals surface area contributed by atoms with E-state index in [9.17, 15) is 13.5 Å². The molecule has 1 heterocycles. The molecule has 0 atom stereocenters. The summed E-state index contributed by atoms with van der Waals surface area (Å²) in [7, 11) is -3.62. The predicted molar refractivity (Wildman–Crippen MR) is 89.4 cm³/mol. The molecule has 22 heavy (non-hydrogen) atoms. The number of thiophene rings is 1. The first kappa shape index (κ1) is 17.1. The third-order valence-electron chi connectivity index (χ3n) is 3.07. The lowest BCUT2D eigenvalue weighted by Crippen LogP contribution is -2.41. The number of aryl methyl sites for hydroxylation is 1. The maximum Gasteiger partial charge on any atom is 0.252 e. The van der Waals surface area contributed by atoms with Crippen molar-refractivity contribution in [2.75, 3.05) is 6.54 Å². The van der Waals surface area contributed by atoms with Crippen LogP contribution in [0.1, 0.15) is 24.3 Å². The second-order valence-corrected chi connectivity index (χ2v) is 9.39. The minimum atomic E-state index is -3.62. The summed E-state index contributed by atoms with van der Waals surface area (Å²) in [6.45, 7) is 5.38. The van der Waals surface area contributed by atoms with Gasteiger partial charge in [-0.2, -0.15) is 4.31 Å². The fourth-order valence-electron chi connectivity index (χ4n) is 2.12. The summed E-state index contributed by atoms with van der Waals surface area (Å²) in [5.74, 6) is 0. The van der Waals surface area contributed by atoms with Gasteiger partial charge < -0.3 is 5.11 Å². The first-order chi connectivity index (χ1) is 10.2. The Morgan fingerprint density at radius 2 is 1.77 bits per heavy atom. The van der Waals surface area contributed by atoms with Gasteiger partial charge in [-0.05, 0) is 38.5 Å². The van der Waals surface area contributed by atoms with Crippen molar-refractivity contribution in [1.82, 2.24) is 4.31 Å². The topological polar surface area (TPSA) is 57.6 Å². The number of benzene rings is 1. The van der Waals surface area contributed by atoms with E-state index in [4.69, 9.17) is 0 Å². The quantitative estimate of drug-likeness (QED) is 0.880. The van der Waals surface area contributed by atoms with Crippen LogP contribution in [-0.4, -0.2) is 30.0 Å². The van der Waals surface area contributed by atoms with Gasteiger partial charge in [0.2, 0.25) is 0 Å². The van der Waals surface area contributed by atoms with Gasteiger partial charge in [-0.15, -0.1) is 11.3 Å². The van der Waals surface area contributed by atoms with E-state index < -0.39 is 15.6 Å². The molecule has 2 aromatic rings. The van der Waals surface area contributed by atoms with Crippen LogP contribution in [0.3, 0.4) is 0 Å². The van der Waals surface area contributed by atoms with E-state index >= 15 is 0 Å². The summed E-state index contributed by atoms with van der Waals surface area (Å²) in [5, 5.41) is 10.1. The van der Waals surface area contributed by atoms with Gasteiger partial charge in [0.1, 0.15) is 4.21 Å². The maximum absolute atomic E-state index is 12.9. The first-order valence-electron chi connectivity index (χ1n) is 7.01. The normalized spacial score (nSPS) is 12.8. The molecule has 2 rings (SSSR count). The van der Waals surface area contributed by atoms with Crippen LogP contribution in [0.5, 0.6) is 0 Å². The van der Waals surface area contributed by atoms with Crippen LogP contribution in [-0.2, 0) is 16.6 Å². The van der Waals surface area contributed by atoms with Crippen LogP contribution < -0.4 is 0 Å². The molecule has 0 aliphatic rings. The Bertz CT molecular complexity index is 715. The summed E-state index contributed by atoms with van der Waals surface area (Å²) in [5.41, 5.74) is -0.211. The number of hydrogen-bond donors (Lipinski definition) is 1. The molecule has 0 saturated heterocycles. The minimum Gasteiger partial charge on any atom is -0.389 e. The number of hydrogen-bond acceptors (Lipinski definition) is 4. The molecule has 0 unspecified atom stereocenters. The zero-order valence-corrected chi connectivity index (χ0v) is 14.6. The molecule has 0 fully saturated rings. The second-order valence-electron chi connectivity index (χ2n) is 5.94. The standard InChI is InChI=1S/C16H21NO3S2/c1-13-9-10-15(21-13)22(19,20)17(12-16(2,3)18)11-14-7-5-4-6-8-14/h4-10,18H,11-12H2,1-3H3. The number of sulfonamides is 1. The van der Waals surface area contributed by atoms with E-state index in [1.165, 1.54) is 15.6 Å². The second kappa shape index (κ2) is 6.50. The van der Waals surface area contributed by atoms with Gasteiger partial charge >= 0.3 is 0 Å². The molecule has 1 aromatic carbocycles. The van der Waals surface area contributed by atoms with E-state index in [1.54, 1.807) is 26.0 Å². The molecule has 6 heteroatoms. The lowest BCUT2D eigenvalue weighted by atomic mass is 10.1. The van der Waals surface area contributed by atoms with Crippen LogP contribution in [0.4, 0.5) is 0 Å². The van der Waals surface area contributed by atoms with Crippen molar-refractivity contribution in [3.8, 4) is 0 Å². The zero-order chi connectivity index (χ0) is 16.4. The highest BCUT2D eigenvalue weighted by molar-refractivity contribution is 7.91. The monoisotopic (exact) mass is 339 g/mol. The molecule has 0 bridgehead atoms. The van der Waals surface area contributed by atoms with Crippen molar-refractivity contribution >= 4 is 21.4 Å². The van der Waals surface area contributed by atoms with E-state index in [-0.39, 0.29) is 13.1 Å². The van der Waals surface area contributed by atoms with Crippen molar-refractivity contribution in [2.45, 2.75) is 37.1 Å². The van der Waals surface area contributed by atoms with Gasteiger partial charge in [0, 0.05) is 18.0 Å². The summed E-state index contributed by atoms with van der Waals surface area (Å²) >= 11 is 1.25. The van der Waals surface area contributed by atoms with E-state index in [2.05, 4.69) is 0 Å². The number of rotatable bonds is 6. The molecule has 120 valence electrons. The average Bonchev–Trinajstić information content (AvgIpc) is 2.85. The molecule has 0 amide bonds. The average molecular weight is 339 g/mol. The van der Waals surface area contributed by atoms with E-state index in [0.717, 1.165) is 10.4 Å². The Morgan fingerprint density at radius 3 is 2.27 bits per heavy atom. The molecule has 0 radical (unpaired) electrons. The van der Waals surface area contributed by atoms with Crippen LogP contribution in [0.15, 0.2) is 46.7 Å². The van der Waals surface area contributed by atoms with Gasteiger partial charge in [0.25, 0.3) is 10.0 Å². The van der Waals surface area contributed by atoms with Crippen LogP contribution in [0.25, 0.3) is 0 Å². The minimum absolute atomic E-state index is 0.0428. The van der Waals surface area contributed by atoms with Crippen LogP contribution >= 0.6 is 11.3 Å². The Morgan fingerprint density at radius 1 is 1.14 bits per heavy atom. The van der Waals surface area contributed by atoms with Crippen molar-refractivity contribution in [3.63, 3.8) is 0 Å². The molecule has 0 saturated carbocycles. The summed E-state index contributed by atoms with van der Waals surface area (Å²) < 4.78 is 27.4. The van der Waals surface area contributed by atoms with Gasteiger partial charge in [-0.1, -0.05) is 30.3 Å². The van der Waals surface area contributed by atoms with Gasteiger partial charge in [0.05, 0.1) is 5.60 Å². The fraction of sp³-hybridized carbons (Fsp3) is 0.375. The predicted octanol–water partition coefficient (Wildman–Crippen LogP) is 3.02. The van der Waals surface area contributed by atoms with Gasteiger partial charge in [0.15, 0.2) is 0 Å². The SMILES string of the molecule is Cc1ccc(S(=O)(=O)N(Cc2ccccc2)CC(C)(C)O)s1. The zero-order valence-electron chi connectivity index (χ0n) is 13.0. The van der Waals surface area contributed by atoms with E-state index in [1.807, 2.05) is 37.3 Å². The molecule has 0 aliphatic heterocycles. The Balaban J connectivity index is 2.35. The summed E-state index contributed by atoms with van der Waals surface area (Å²) in [4.78, 5) is 0.946. The van der Waals surface area contributed by atoms with E-state index in [0.29, 0.717) is 4.21 Å². The molecular formula is C16H21NO3S2. The Labute approximate surface area is 136 Å². The molecular weight excluding hydrogens is 318 g/mol. The molecule has 0 spiro atoms. The summed E-state index contributed by atoms with van der Waals surface area (Å²) in [6.07, 6.45) is 0. The molecule has 0 aliphatic carbocycles. The van der Waals surface area contributed by atoms with Gasteiger partial charge in [-0.3, -0.25) is 0 Å². The van der Waals surface area contributed by atoms with Crippen molar-refractivity contribution in [2.24, 2.45) is 0 Å². The van der Waals surface area contributed by atoms with Crippen molar-refractivity contribution in [3.05, 3.63) is 52.9 Å². The van der Waals surface area contributed by atoms with Crippen LogP contribution in [0.2, 0.25) is 0 Å². The Hall–Kier alpha value is -1.21. The van der Waals surface area contributed by atoms with Crippen molar-refractivity contribution in [1.29, 1.82) is 0 Å². The van der Waals surface area contributed by atoms with Gasteiger partial charge in [-0.25, -0.2) is 8.42 Å². The fourth-order valence-corrected chi connectivity index (χ4v) is 5.14. The number of nitrogens with zero attached hydrogens (tertiary/aromatic N) is 1. The molecule has 1 aromatic heterocycles.